The third kappa shape index (κ3) is 3.23. The maximum atomic E-state index is 12.2. The van der Waals surface area contributed by atoms with Gasteiger partial charge in [0.25, 0.3) is 0 Å². The standard InChI is InChI=1S/C12H17F3N2O3/c1-20-3-2-16-5-8-6-17(7-9(8)11(16)19)10(18)4-12(13,14)15/h8-9H,2-7H2,1H3/t8-,9+/m1/s1. The van der Waals surface area contributed by atoms with Gasteiger partial charge in [-0.15, -0.1) is 0 Å². The largest absolute Gasteiger partial charge is 0.397 e. The van der Waals surface area contributed by atoms with Crippen LogP contribution in [0.5, 0.6) is 0 Å². The van der Waals surface area contributed by atoms with Crippen molar-refractivity contribution in [1.82, 2.24) is 9.80 Å². The summed E-state index contributed by atoms with van der Waals surface area (Å²) in [5.41, 5.74) is 0. The van der Waals surface area contributed by atoms with E-state index in [-0.39, 0.29) is 30.8 Å². The van der Waals surface area contributed by atoms with E-state index >= 15 is 0 Å². The zero-order valence-electron chi connectivity index (χ0n) is 11.2. The second-order valence-corrected chi connectivity index (χ2v) is 5.23. The molecule has 2 fully saturated rings. The Hall–Kier alpha value is -1.31. The fraction of sp³-hybridized carbons (Fsp3) is 0.833. The van der Waals surface area contributed by atoms with Gasteiger partial charge in [-0.3, -0.25) is 9.59 Å². The van der Waals surface area contributed by atoms with Gasteiger partial charge in [-0.05, 0) is 0 Å². The highest BCUT2D eigenvalue weighted by molar-refractivity contribution is 5.84. The van der Waals surface area contributed by atoms with Gasteiger partial charge >= 0.3 is 6.18 Å². The van der Waals surface area contributed by atoms with Gasteiger partial charge in [0, 0.05) is 39.2 Å². The van der Waals surface area contributed by atoms with Gasteiger partial charge in [0.1, 0.15) is 6.42 Å². The number of hydrogen-bond donors (Lipinski definition) is 0. The van der Waals surface area contributed by atoms with E-state index in [2.05, 4.69) is 0 Å². The van der Waals surface area contributed by atoms with Gasteiger partial charge in [-0.2, -0.15) is 13.2 Å². The highest BCUT2D eigenvalue weighted by Gasteiger charge is 2.48. The van der Waals surface area contributed by atoms with Crippen molar-refractivity contribution >= 4 is 11.8 Å². The number of fused-ring (bicyclic) bond motifs is 1. The van der Waals surface area contributed by atoms with E-state index < -0.39 is 18.5 Å². The third-order valence-corrected chi connectivity index (χ3v) is 3.79. The molecule has 0 unspecified atom stereocenters. The molecule has 2 rings (SSSR count). The van der Waals surface area contributed by atoms with Crippen molar-refractivity contribution < 1.29 is 27.5 Å². The molecule has 20 heavy (non-hydrogen) atoms. The molecule has 0 aromatic carbocycles. The molecule has 8 heteroatoms. The van der Waals surface area contributed by atoms with E-state index in [1.165, 1.54) is 0 Å². The molecular formula is C12H17F3N2O3. The lowest BCUT2D eigenvalue weighted by atomic mass is 10.0. The van der Waals surface area contributed by atoms with E-state index in [1.54, 1.807) is 12.0 Å². The van der Waals surface area contributed by atoms with Crippen LogP contribution in [0.1, 0.15) is 6.42 Å². The second-order valence-electron chi connectivity index (χ2n) is 5.23. The Balaban J connectivity index is 1.89. The minimum Gasteiger partial charge on any atom is -0.383 e. The Labute approximate surface area is 114 Å². The molecule has 2 aliphatic rings. The van der Waals surface area contributed by atoms with Crippen molar-refractivity contribution in [1.29, 1.82) is 0 Å². The van der Waals surface area contributed by atoms with E-state index in [0.29, 0.717) is 19.7 Å². The van der Waals surface area contributed by atoms with Crippen molar-refractivity contribution in [2.24, 2.45) is 11.8 Å². The van der Waals surface area contributed by atoms with Gasteiger partial charge < -0.3 is 14.5 Å². The van der Waals surface area contributed by atoms with Crippen LogP contribution in [0, 0.1) is 11.8 Å². The first kappa shape index (κ1) is 15.1. The number of nitrogens with zero attached hydrogens (tertiary/aromatic N) is 2. The molecule has 0 spiro atoms. The molecule has 2 heterocycles. The lowest BCUT2D eigenvalue weighted by molar-refractivity contribution is -0.160. The SMILES string of the molecule is COCCN1C[C@@H]2CN(C(=O)CC(F)(F)F)C[C@@H]2C1=O. The lowest BCUT2D eigenvalue weighted by Crippen LogP contribution is -2.38. The first-order chi connectivity index (χ1) is 9.31. The maximum absolute atomic E-state index is 12.2. The quantitative estimate of drug-likeness (QED) is 0.759. The highest BCUT2D eigenvalue weighted by Crippen LogP contribution is 2.33. The molecule has 2 aliphatic heterocycles. The summed E-state index contributed by atoms with van der Waals surface area (Å²) in [5.74, 6) is -1.45. The van der Waals surface area contributed by atoms with Gasteiger partial charge in [0.05, 0.1) is 12.5 Å². The molecule has 0 saturated carbocycles. The Morgan fingerprint density at radius 3 is 2.60 bits per heavy atom. The number of ether oxygens (including phenoxy) is 1. The first-order valence-corrected chi connectivity index (χ1v) is 6.44. The Bertz CT molecular complexity index is 400. The van der Waals surface area contributed by atoms with E-state index in [1.807, 2.05) is 0 Å². The number of hydrogen-bond acceptors (Lipinski definition) is 3. The summed E-state index contributed by atoms with van der Waals surface area (Å²) in [7, 11) is 1.54. The highest BCUT2D eigenvalue weighted by atomic mass is 19.4. The normalized spacial score (nSPS) is 26.3. The summed E-state index contributed by atoms with van der Waals surface area (Å²) in [6.07, 6.45) is -5.95. The van der Waals surface area contributed by atoms with E-state index in [0.717, 1.165) is 4.90 Å². The van der Waals surface area contributed by atoms with Crippen molar-refractivity contribution in [3.63, 3.8) is 0 Å². The maximum Gasteiger partial charge on any atom is 0.397 e. The van der Waals surface area contributed by atoms with Crippen molar-refractivity contribution in [3.8, 4) is 0 Å². The monoisotopic (exact) mass is 294 g/mol. The van der Waals surface area contributed by atoms with Crippen LogP contribution in [-0.2, 0) is 14.3 Å². The Kier molecular flexibility index (Phi) is 4.22. The molecule has 0 aliphatic carbocycles. The molecule has 2 saturated heterocycles. The third-order valence-electron chi connectivity index (χ3n) is 3.79. The van der Waals surface area contributed by atoms with Gasteiger partial charge in [-0.25, -0.2) is 0 Å². The predicted molar refractivity (Wildman–Crippen MR) is 62.7 cm³/mol. The molecule has 0 radical (unpaired) electrons. The summed E-state index contributed by atoms with van der Waals surface area (Å²) in [6, 6.07) is 0. The Morgan fingerprint density at radius 2 is 2.05 bits per heavy atom. The minimum atomic E-state index is -4.50. The number of likely N-dealkylation sites (tertiary alicyclic amines) is 2. The average Bonchev–Trinajstić information content (AvgIpc) is 2.85. The minimum absolute atomic E-state index is 0.0588. The number of halogens is 3. The molecule has 2 amide bonds. The fourth-order valence-corrected chi connectivity index (χ4v) is 2.83. The summed E-state index contributed by atoms with van der Waals surface area (Å²) >= 11 is 0. The van der Waals surface area contributed by atoms with Crippen LogP contribution in [0.4, 0.5) is 13.2 Å². The predicted octanol–water partition coefficient (Wildman–Crippen LogP) is 0.502. The molecule has 114 valence electrons. The first-order valence-electron chi connectivity index (χ1n) is 6.44. The van der Waals surface area contributed by atoms with Crippen LogP contribution >= 0.6 is 0 Å². The number of amides is 2. The van der Waals surface area contributed by atoms with Crippen LogP contribution in [0.15, 0.2) is 0 Å². The number of carbonyl (C=O) groups excluding carboxylic acids is 2. The fourth-order valence-electron chi connectivity index (χ4n) is 2.83. The van der Waals surface area contributed by atoms with Crippen LogP contribution in [0.2, 0.25) is 0 Å². The number of rotatable bonds is 4. The summed E-state index contributed by atoms with van der Waals surface area (Å²) in [6.45, 7) is 1.74. The average molecular weight is 294 g/mol. The Morgan fingerprint density at radius 1 is 1.35 bits per heavy atom. The summed E-state index contributed by atoms with van der Waals surface area (Å²) < 4.78 is 41.5. The van der Waals surface area contributed by atoms with Crippen LogP contribution in [0.25, 0.3) is 0 Å². The van der Waals surface area contributed by atoms with Crippen LogP contribution in [0.3, 0.4) is 0 Å². The van der Waals surface area contributed by atoms with E-state index in [4.69, 9.17) is 4.74 Å². The van der Waals surface area contributed by atoms with Gasteiger partial charge in [0.2, 0.25) is 11.8 Å². The van der Waals surface area contributed by atoms with E-state index in [9.17, 15) is 22.8 Å². The molecule has 5 nitrogen and oxygen atoms in total. The van der Waals surface area contributed by atoms with Crippen molar-refractivity contribution in [2.45, 2.75) is 12.6 Å². The van der Waals surface area contributed by atoms with Crippen LogP contribution < -0.4 is 0 Å². The van der Waals surface area contributed by atoms with Crippen molar-refractivity contribution in [2.75, 3.05) is 39.9 Å². The second kappa shape index (κ2) is 5.59. The molecule has 2 atom stereocenters. The number of methoxy groups -OCH3 is 1. The summed E-state index contributed by atoms with van der Waals surface area (Å²) in [5, 5.41) is 0. The molecule has 0 aromatic rings. The number of alkyl halides is 3. The zero-order chi connectivity index (χ0) is 14.9. The molecule has 0 aromatic heterocycles. The summed E-state index contributed by atoms with van der Waals surface area (Å²) in [4.78, 5) is 26.4. The van der Waals surface area contributed by atoms with Gasteiger partial charge in [0.15, 0.2) is 0 Å². The smallest absolute Gasteiger partial charge is 0.383 e. The molecular weight excluding hydrogens is 277 g/mol. The van der Waals surface area contributed by atoms with Crippen molar-refractivity contribution in [3.05, 3.63) is 0 Å². The topological polar surface area (TPSA) is 49.9 Å². The lowest BCUT2D eigenvalue weighted by Gasteiger charge is -2.22. The zero-order valence-corrected chi connectivity index (χ0v) is 11.2. The number of carbonyl (C=O) groups is 2. The van der Waals surface area contributed by atoms with Gasteiger partial charge in [-0.1, -0.05) is 0 Å². The van der Waals surface area contributed by atoms with Crippen LogP contribution in [-0.4, -0.2) is 67.7 Å². The molecule has 0 bridgehead atoms. The molecule has 0 N–H and O–H groups in total.